The smallest absolute Gasteiger partial charge is 0.256 e. The van der Waals surface area contributed by atoms with Gasteiger partial charge < -0.3 is 11.1 Å². The number of primary amides is 1. The predicted octanol–water partition coefficient (Wildman–Crippen LogP) is 4.34. The van der Waals surface area contributed by atoms with Gasteiger partial charge >= 0.3 is 0 Å². The molecule has 1 aromatic carbocycles. The van der Waals surface area contributed by atoms with Crippen LogP contribution in [0.5, 0.6) is 0 Å². The molecule has 0 aliphatic heterocycles. The van der Waals surface area contributed by atoms with Crippen molar-refractivity contribution in [3.05, 3.63) is 45.8 Å². The number of fused-ring (bicyclic) bond motifs is 1. The number of hydrogen-bond acceptors (Lipinski definition) is 4. The number of nitrogens with two attached hydrogens (primary N) is 1. The third-order valence-electron chi connectivity index (χ3n) is 4.41. The molecule has 0 spiro atoms. The van der Waals surface area contributed by atoms with Crippen molar-refractivity contribution in [1.29, 1.82) is 0 Å². The third-order valence-corrected chi connectivity index (χ3v) is 6.48. The van der Waals surface area contributed by atoms with Gasteiger partial charge in [0, 0.05) is 15.3 Å². The van der Waals surface area contributed by atoms with E-state index in [4.69, 9.17) is 5.73 Å². The summed E-state index contributed by atoms with van der Waals surface area (Å²) in [5, 5.41) is 3.49. The highest BCUT2D eigenvalue weighted by Crippen LogP contribution is 2.39. The van der Waals surface area contributed by atoms with Crippen LogP contribution in [0.4, 0.5) is 5.00 Å². The lowest BCUT2D eigenvalue weighted by Crippen LogP contribution is -2.19. The first kappa shape index (κ1) is 18.0. The number of rotatable bonds is 5. The molecule has 2 aromatic rings. The molecule has 25 heavy (non-hydrogen) atoms. The third kappa shape index (κ3) is 3.90. The summed E-state index contributed by atoms with van der Waals surface area (Å²) >= 11 is 3.22. The maximum absolute atomic E-state index is 12.6. The van der Waals surface area contributed by atoms with E-state index in [1.54, 1.807) is 11.8 Å². The largest absolute Gasteiger partial charge is 0.365 e. The second kappa shape index (κ2) is 7.62. The fourth-order valence-electron chi connectivity index (χ4n) is 3.14. The highest BCUT2D eigenvalue weighted by molar-refractivity contribution is 7.99. The SMILES string of the molecule is CCSc1ccc(C(=O)Nc2sc3c(c2C(N)=O)CC[C@H](C)C3)cc1. The molecule has 1 aliphatic rings. The van der Waals surface area contributed by atoms with Gasteiger partial charge in [0.1, 0.15) is 5.00 Å². The number of hydrogen-bond donors (Lipinski definition) is 2. The lowest BCUT2D eigenvalue weighted by atomic mass is 9.88. The monoisotopic (exact) mass is 374 g/mol. The van der Waals surface area contributed by atoms with Gasteiger partial charge in [-0.05, 0) is 60.8 Å². The summed E-state index contributed by atoms with van der Waals surface area (Å²) in [6.07, 6.45) is 2.84. The molecule has 1 aliphatic carbocycles. The zero-order valence-corrected chi connectivity index (χ0v) is 16.1. The van der Waals surface area contributed by atoms with Crippen molar-refractivity contribution in [2.45, 2.75) is 38.0 Å². The highest BCUT2D eigenvalue weighted by atomic mass is 32.2. The van der Waals surface area contributed by atoms with Crippen molar-refractivity contribution in [3.63, 3.8) is 0 Å². The zero-order chi connectivity index (χ0) is 18.0. The molecule has 4 nitrogen and oxygen atoms in total. The first-order valence-corrected chi connectivity index (χ1v) is 10.3. The highest BCUT2D eigenvalue weighted by Gasteiger charge is 2.27. The molecule has 0 fully saturated rings. The van der Waals surface area contributed by atoms with E-state index in [1.165, 1.54) is 16.2 Å². The molecule has 3 rings (SSSR count). The maximum Gasteiger partial charge on any atom is 0.256 e. The van der Waals surface area contributed by atoms with E-state index in [1.807, 2.05) is 24.3 Å². The Morgan fingerprint density at radius 1 is 1.32 bits per heavy atom. The Bertz CT molecular complexity index is 797. The number of amides is 2. The number of carbonyl (C=O) groups is 2. The molecule has 1 atom stereocenters. The number of thiophene rings is 1. The van der Waals surface area contributed by atoms with E-state index in [-0.39, 0.29) is 5.91 Å². The average molecular weight is 375 g/mol. The van der Waals surface area contributed by atoms with Crippen LogP contribution < -0.4 is 11.1 Å². The van der Waals surface area contributed by atoms with Gasteiger partial charge in [-0.3, -0.25) is 9.59 Å². The van der Waals surface area contributed by atoms with Crippen molar-refractivity contribution < 1.29 is 9.59 Å². The molecule has 1 heterocycles. The minimum absolute atomic E-state index is 0.206. The van der Waals surface area contributed by atoms with Crippen molar-refractivity contribution in [3.8, 4) is 0 Å². The van der Waals surface area contributed by atoms with E-state index < -0.39 is 5.91 Å². The van der Waals surface area contributed by atoms with Gasteiger partial charge in [0.2, 0.25) is 0 Å². The van der Waals surface area contributed by atoms with Crippen molar-refractivity contribution in [2.75, 3.05) is 11.1 Å². The van der Waals surface area contributed by atoms with Gasteiger partial charge in [-0.25, -0.2) is 0 Å². The van der Waals surface area contributed by atoms with Gasteiger partial charge in [-0.15, -0.1) is 23.1 Å². The standard InChI is InChI=1S/C19H22N2O2S2/c1-3-24-13-7-5-12(6-8-13)18(23)21-19-16(17(20)22)14-9-4-11(2)10-15(14)25-19/h5-8,11H,3-4,9-10H2,1-2H3,(H2,20,22)(H,21,23)/t11-/m0/s1. The van der Waals surface area contributed by atoms with Crippen LogP contribution in [0, 0.1) is 5.92 Å². The molecular formula is C19H22N2O2S2. The second-order valence-corrected chi connectivity index (χ2v) is 8.77. The minimum Gasteiger partial charge on any atom is -0.365 e. The molecule has 0 radical (unpaired) electrons. The summed E-state index contributed by atoms with van der Waals surface area (Å²) in [7, 11) is 0. The number of anilines is 1. The number of nitrogens with one attached hydrogen (secondary N) is 1. The summed E-state index contributed by atoms with van der Waals surface area (Å²) < 4.78 is 0. The van der Waals surface area contributed by atoms with E-state index in [0.717, 1.165) is 35.5 Å². The number of benzene rings is 1. The lowest BCUT2D eigenvalue weighted by Gasteiger charge is -2.18. The average Bonchev–Trinajstić information content (AvgIpc) is 2.92. The summed E-state index contributed by atoms with van der Waals surface area (Å²) in [5.74, 6) is 0.922. The Morgan fingerprint density at radius 2 is 2.04 bits per heavy atom. The van der Waals surface area contributed by atoms with Crippen LogP contribution in [0.1, 0.15) is 51.4 Å². The van der Waals surface area contributed by atoms with Crippen LogP contribution in [0.15, 0.2) is 29.2 Å². The molecule has 132 valence electrons. The molecule has 0 saturated carbocycles. The van der Waals surface area contributed by atoms with E-state index in [2.05, 4.69) is 19.2 Å². The first-order chi connectivity index (χ1) is 12.0. The van der Waals surface area contributed by atoms with Crippen molar-refractivity contribution in [1.82, 2.24) is 0 Å². The summed E-state index contributed by atoms with van der Waals surface area (Å²) in [6, 6.07) is 7.51. The summed E-state index contributed by atoms with van der Waals surface area (Å²) in [4.78, 5) is 26.8. The Morgan fingerprint density at radius 3 is 2.68 bits per heavy atom. The zero-order valence-electron chi connectivity index (χ0n) is 14.4. The fourth-order valence-corrected chi connectivity index (χ4v) is 5.22. The first-order valence-electron chi connectivity index (χ1n) is 8.48. The van der Waals surface area contributed by atoms with Gasteiger partial charge in [-0.1, -0.05) is 13.8 Å². The van der Waals surface area contributed by atoms with Gasteiger partial charge in [0.05, 0.1) is 5.56 Å². The minimum atomic E-state index is -0.461. The molecule has 2 amide bonds. The van der Waals surface area contributed by atoms with Gasteiger partial charge in [0.25, 0.3) is 11.8 Å². The van der Waals surface area contributed by atoms with Gasteiger partial charge in [0.15, 0.2) is 0 Å². The number of thioether (sulfide) groups is 1. The van der Waals surface area contributed by atoms with E-state index in [0.29, 0.717) is 22.0 Å². The van der Waals surface area contributed by atoms with Crippen LogP contribution in [0.25, 0.3) is 0 Å². The maximum atomic E-state index is 12.6. The van der Waals surface area contributed by atoms with Crippen LogP contribution >= 0.6 is 23.1 Å². The summed E-state index contributed by atoms with van der Waals surface area (Å²) in [5.41, 5.74) is 7.71. The Balaban J connectivity index is 1.84. The quantitative estimate of drug-likeness (QED) is 0.765. The van der Waals surface area contributed by atoms with Crippen molar-refractivity contribution in [2.24, 2.45) is 11.7 Å². The molecule has 6 heteroatoms. The predicted molar refractivity (Wildman–Crippen MR) is 105 cm³/mol. The molecule has 0 saturated heterocycles. The molecular weight excluding hydrogens is 352 g/mol. The lowest BCUT2D eigenvalue weighted by molar-refractivity contribution is 0.1000. The summed E-state index contributed by atoms with van der Waals surface area (Å²) in [6.45, 7) is 4.30. The second-order valence-electron chi connectivity index (χ2n) is 6.33. The fraction of sp³-hybridized carbons (Fsp3) is 0.368. The Hall–Kier alpha value is -1.79. The van der Waals surface area contributed by atoms with E-state index >= 15 is 0 Å². The van der Waals surface area contributed by atoms with Crippen LogP contribution in [0.3, 0.4) is 0 Å². The van der Waals surface area contributed by atoms with Crippen molar-refractivity contribution >= 4 is 39.9 Å². The number of carbonyl (C=O) groups excluding carboxylic acids is 2. The Kier molecular flexibility index (Phi) is 5.49. The molecule has 0 unspecified atom stereocenters. The molecule has 3 N–H and O–H groups in total. The topological polar surface area (TPSA) is 72.2 Å². The van der Waals surface area contributed by atoms with Crippen LogP contribution in [-0.4, -0.2) is 17.6 Å². The van der Waals surface area contributed by atoms with Crippen LogP contribution in [0.2, 0.25) is 0 Å². The molecule has 1 aromatic heterocycles. The normalized spacial score (nSPS) is 16.3. The van der Waals surface area contributed by atoms with E-state index in [9.17, 15) is 9.59 Å². The van der Waals surface area contributed by atoms with Gasteiger partial charge in [-0.2, -0.15) is 0 Å². The molecule has 0 bridgehead atoms. The van der Waals surface area contributed by atoms with Crippen LogP contribution in [-0.2, 0) is 12.8 Å². The Labute approximate surface area is 156 Å².